The van der Waals surface area contributed by atoms with Crippen molar-refractivity contribution in [2.75, 3.05) is 13.7 Å². The van der Waals surface area contributed by atoms with Crippen LogP contribution in [-0.4, -0.2) is 19.8 Å². The maximum atomic E-state index is 7.21. The summed E-state index contributed by atoms with van der Waals surface area (Å²) in [4.78, 5) is 0. The minimum absolute atomic E-state index is 0.0386. The van der Waals surface area contributed by atoms with Crippen LogP contribution in [0.25, 0.3) is 0 Å². The van der Waals surface area contributed by atoms with Gasteiger partial charge in [-0.25, -0.2) is 0 Å². The van der Waals surface area contributed by atoms with Gasteiger partial charge >= 0.3 is 0 Å². The average molecular weight is 677 g/mol. The minimum Gasteiger partial charge on any atom is -0.497 e. The van der Waals surface area contributed by atoms with Crippen LogP contribution < -0.4 is 4.74 Å². The van der Waals surface area contributed by atoms with Gasteiger partial charge in [0.1, 0.15) is 11.4 Å². The molecule has 4 aromatic rings. The Hall–Kier alpha value is -3.40. The Labute approximate surface area is 304 Å². The Balaban J connectivity index is 1.32. The Morgan fingerprint density at radius 3 is 1.38 bits per heavy atom. The van der Waals surface area contributed by atoms with E-state index in [1.54, 1.807) is 7.11 Å². The third-order valence-corrected chi connectivity index (χ3v) is 10.0. The molecule has 0 aliphatic rings. The van der Waals surface area contributed by atoms with Crippen molar-refractivity contribution in [1.29, 1.82) is 0 Å². The molecule has 0 heterocycles. The predicted molar refractivity (Wildman–Crippen MR) is 211 cm³/mol. The standard InChI is InChI=1S/C47H64O3/c1-3-4-5-6-7-8-9-10-11-12-13-14-15-16-17-27-36-46(49-39-41-29-28-37-45(38-41)48-2)40-50-47(42-30-21-18-22-31-42,43-32-23-19-24-33-43)44-34-25-20-26-35-44/h18-26,28-35,37-38,46H,3-17,27,36,39-40H2,1-2H3/t46-/m1/s1. The molecule has 0 N–H and O–H groups in total. The van der Waals surface area contributed by atoms with E-state index in [0.717, 1.165) is 40.8 Å². The molecule has 270 valence electrons. The monoisotopic (exact) mass is 676 g/mol. The highest BCUT2D eigenvalue weighted by atomic mass is 16.5. The summed E-state index contributed by atoms with van der Waals surface area (Å²) in [6, 6.07) is 40.1. The van der Waals surface area contributed by atoms with E-state index < -0.39 is 5.60 Å². The number of rotatable bonds is 27. The van der Waals surface area contributed by atoms with E-state index in [4.69, 9.17) is 14.2 Å². The molecule has 0 spiro atoms. The third kappa shape index (κ3) is 13.4. The Morgan fingerprint density at radius 1 is 0.500 bits per heavy atom. The van der Waals surface area contributed by atoms with Crippen LogP contribution in [0.3, 0.4) is 0 Å². The van der Waals surface area contributed by atoms with Gasteiger partial charge in [0.15, 0.2) is 0 Å². The number of ether oxygens (including phenoxy) is 3. The lowest BCUT2D eigenvalue weighted by molar-refractivity contribution is -0.0731. The highest BCUT2D eigenvalue weighted by Crippen LogP contribution is 2.40. The third-order valence-electron chi connectivity index (χ3n) is 10.0. The van der Waals surface area contributed by atoms with E-state index in [9.17, 15) is 0 Å². The molecule has 1 atom stereocenters. The van der Waals surface area contributed by atoms with E-state index in [1.807, 2.05) is 12.1 Å². The van der Waals surface area contributed by atoms with Crippen LogP contribution in [0.4, 0.5) is 0 Å². The first-order valence-corrected chi connectivity index (χ1v) is 19.8. The molecular weight excluding hydrogens is 613 g/mol. The van der Waals surface area contributed by atoms with E-state index in [-0.39, 0.29) is 6.10 Å². The molecule has 0 unspecified atom stereocenters. The fraction of sp³-hybridized carbons (Fsp3) is 0.489. The zero-order chi connectivity index (χ0) is 35.0. The van der Waals surface area contributed by atoms with Crippen LogP contribution in [0.1, 0.15) is 138 Å². The summed E-state index contributed by atoms with van der Waals surface area (Å²) in [5.41, 5.74) is 3.71. The Bertz CT molecular complexity index is 1290. The normalized spacial score (nSPS) is 12.2. The number of hydrogen-bond donors (Lipinski definition) is 0. The smallest absolute Gasteiger partial charge is 0.143 e. The number of methoxy groups -OCH3 is 1. The van der Waals surface area contributed by atoms with Crippen LogP contribution in [0.2, 0.25) is 0 Å². The van der Waals surface area contributed by atoms with E-state index in [0.29, 0.717) is 13.2 Å². The highest BCUT2D eigenvalue weighted by Gasteiger charge is 2.38. The largest absolute Gasteiger partial charge is 0.497 e. The summed E-state index contributed by atoms with van der Waals surface area (Å²) < 4.78 is 19.4. The summed E-state index contributed by atoms with van der Waals surface area (Å²) in [5.74, 6) is 0.855. The van der Waals surface area contributed by atoms with Crippen molar-refractivity contribution < 1.29 is 14.2 Å². The number of hydrogen-bond acceptors (Lipinski definition) is 3. The van der Waals surface area contributed by atoms with Gasteiger partial charge in [-0.1, -0.05) is 213 Å². The maximum absolute atomic E-state index is 7.21. The topological polar surface area (TPSA) is 27.7 Å². The number of unbranched alkanes of at least 4 members (excludes halogenated alkanes) is 15. The zero-order valence-electron chi connectivity index (χ0n) is 31.2. The average Bonchev–Trinajstić information content (AvgIpc) is 3.18. The molecule has 3 heteroatoms. The summed E-state index contributed by atoms with van der Waals surface area (Å²) in [5, 5.41) is 0. The summed E-state index contributed by atoms with van der Waals surface area (Å²) in [6.45, 7) is 3.31. The van der Waals surface area contributed by atoms with Gasteiger partial charge in [0, 0.05) is 0 Å². The molecule has 0 radical (unpaired) electrons. The quantitative estimate of drug-likeness (QED) is 0.0465. The van der Waals surface area contributed by atoms with Gasteiger partial charge in [0.05, 0.1) is 26.4 Å². The fourth-order valence-corrected chi connectivity index (χ4v) is 7.10. The minimum atomic E-state index is -0.754. The molecule has 4 rings (SSSR count). The van der Waals surface area contributed by atoms with Crippen LogP contribution in [-0.2, 0) is 21.7 Å². The van der Waals surface area contributed by atoms with E-state index in [2.05, 4.69) is 110 Å². The van der Waals surface area contributed by atoms with Crippen molar-refractivity contribution in [3.8, 4) is 5.75 Å². The molecule has 0 amide bonds. The van der Waals surface area contributed by atoms with E-state index in [1.165, 1.54) is 96.3 Å². The first kappa shape index (κ1) is 39.4. The van der Waals surface area contributed by atoms with Gasteiger partial charge in [0.2, 0.25) is 0 Å². The highest BCUT2D eigenvalue weighted by molar-refractivity contribution is 5.47. The Morgan fingerprint density at radius 2 is 0.940 bits per heavy atom. The van der Waals surface area contributed by atoms with Crippen molar-refractivity contribution in [1.82, 2.24) is 0 Å². The molecule has 0 saturated carbocycles. The maximum Gasteiger partial charge on any atom is 0.143 e. The lowest BCUT2D eigenvalue weighted by Gasteiger charge is -2.37. The van der Waals surface area contributed by atoms with Gasteiger partial charge in [-0.15, -0.1) is 0 Å². The first-order valence-electron chi connectivity index (χ1n) is 19.8. The van der Waals surface area contributed by atoms with Gasteiger partial charge in [-0.05, 0) is 40.8 Å². The molecule has 50 heavy (non-hydrogen) atoms. The van der Waals surface area contributed by atoms with Crippen LogP contribution in [0, 0.1) is 0 Å². The summed E-state index contributed by atoms with van der Waals surface area (Å²) in [6.07, 6.45) is 22.8. The molecule has 0 aliphatic heterocycles. The van der Waals surface area contributed by atoms with Crippen LogP contribution >= 0.6 is 0 Å². The van der Waals surface area contributed by atoms with Crippen LogP contribution in [0.15, 0.2) is 115 Å². The fourth-order valence-electron chi connectivity index (χ4n) is 7.10. The second-order valence-electron chi connectivity index (χ2n) is 14.0. The summed E-state index contributed by atoms with van der Waals surface area (Å²) in [7, 11) is 1.71. The molecular formula is C47H64O3. The SMILES string of the molecule is CCCCCCCCCCCCCCCCCC[C@H](COC(c1ccccc1)(c1ccccc1)c1ccccc1)OCc1cccc(OC)c1. The van der Waals surface area contributed by atoms with Gasteiger partial charge in [0.25, 0.3) is 0 Å². The Kier molecular flexibility index (Phi) is 18.8. The molecule has 0 fully saturated rings. The van der Waals surface area contributed by atoms with Crippen molar-refractivity contribution in [2.45, 2.75) is 134 Å². The van der Waals surface area contributed by atoms with Crippen molar-refractivity contribution in [3.63, 3.8) is 0 Å². The van der Waals surface area contributed by atoms with Crippen molar-refractivity contribution >= 4 is 0 Å². The molecule has 0 bridgehead atoms. The van der Waals surface area contributed by atoms with Crippen molar-refractivity contribution in [2.24, 2.45) is 0 Å². The lowest BCUT2D eigenvalue weighted by atomic mass is 9.80. The van der Waals surface area contributed by atoms with E-state index >= 15 is 0 Å². The lowest BCUT2D eigenvalue weighted by Crippen LogP contribution is -2.36. The van der Waals surface area contributed by atoms with Crippen LogP contribution in [0.5, 0.6) is 5.75 Å². The second kappa shape index (κ2) is 23.9. The first-order chi connectivity index (χ1) is 24.8. The predicted octanol–water partition coefficient (Wildman–Crippen LogP) is 13.2. The summed E-state index contributed by atoms with van der Waals surface area (Å²) >= 11 is 0. The number of benzene rings is 4. The zero-order valence-corrected chi connectivity index (χ0v) is 31.2. The molecule has 3 nitrogen and oxygen atoms in total. The molecule has 0 aliphatic carbocycles. The van der Waals surface area contributed by atoms with Gasteiger partial charge in [-0.3, -0.25) is 0 Å². The second-order valence-corrected chi connectivity index (χ2v) is 14.0. The molecule has 0 saturated heterocycles. The molecule has 4 aromatic carbocycles. The molecule has 0 aromatic heterocycles. The van der Waals surface area contributed by atoms with Crippen molar-refractivity contribution in [3.05, 3.63) is 138 Å². The van der Waals surface area contributed by atoms with Gasteiger partial charge in [-0.2, -0.15) is 0 Å². The van der Waals surface area contributed by atoms with Gasteiger partial charge < -0.3 is 14.2 Å².